The summed E-state index contributed by atoms with van der Waals surface area (Å²) in [6, 6.07) is 3.18. The number of halogens is 1. The fourth-order valence-corrected chi connectivity index (χ4v) is 4.35. The van der Waals surface area contributed by atoms with Crippen molar-refractivity contribution in [2.24, 2.45) is 0 Å². The molecule has 17 heavy (non-hydrogen) atoms. The van der Waals surface area contributed by atoms with Crippen molar-refractivity contribution >= 4 is 43.2 Å². The van der Waals surface area contributed by atoms with E-state index in [0.717, 1.165) is 19.4 Å². The van der Waals surface area contributed by atoms with E-state index in [-0.39, 0.29) is 16.7 Å². The van der Waals surface area contributed by atoms with Gasteiger partial charge < -0.3 is 4.90 Å². The molecule has 0 aliphatic carbocycles. The summed E-state index contributed by atoms with van der Waals surface area (Å²) in [5, 5.41) is 0. The Morgan fingerprint density at radius 1 is 1.35 bits per heavy atom. The van der Waals surface area contributed by atoms with Crippen molar-refractivity contribution in [1.29, 1.82) is 0 Å². The smallest absolute Gasteiger partial charge is 0.252 e. The molecule has 0 aliphatic rings. The summed E-state index contributed by atoms with van der Waals surface area (Å²) in [7, 11) is 0.996. The summed E-state index contributed by atoms with van der Waals surface area (Å²) in [5.41, 5.74) is 0. The highest BCUT2D eigenvalue weighted by molar-refractivity contribution is 9.11. The van der Waals surface area contributed by atoms with Gasteiger partial charge in [-0.05, 0) is 28.1 Å². The molecule has 0 aliphatic heterocycles. The van der Waals surface area contributed by atoms with Crippen LogP contribution in [0.25, 0.3) is 0 Å². The van der Waals surface area contributed by atoms with E-state index < -0.39 is 10.0 Å². The van der Waals surface area contributed by atoms with Crippen LogP contribution in [0.5, 0.6) is 0 Å². The highest BCUT2D eigenvalue weighted by Gasteiger charge is 2.24. The minimum atomic E-state index is -3.57. The molecule has 0 fully saturated rings. The Bertz CT molecular complexity index is 510. The lowest BCUT2D eigenvalue weighted by atomic mass is 10.5. The van der Waals surface area contributed by atoms with Crippen LogP contribution < -0.4 is 0 Å². The number of hydrogen-bond donors (Lipinski definition) is 0. The largest absolute Gasteiger partial charge is 0.348 e. The number of thiophene rings is 1. The van der Waals surface area contributed by atoms with Crippen LogP contribution in [-0.2, 0) is 14.8 Å². The van der Waals surface area contributed by atoms with Crippen LogP contribution in [0.3, 0.4) is 0 Å². The Balaban J connectivity index is 2.88. The summed E-state index contributed by atoms with van der Waals surface area (Å²) in [6.45, 7) is -0.162. The van der Waals surface area contributed by atoms with Gasteiger partial charge in [0.1, 0.15) is 4.21 Å². The molecule has 1 aromatic rings. The van der Waals surface area contributed by atoms with Crippen molar-refractivity contribution in [3.8, 4) is 0 Å². The molecule has 0 radical (unpaired) electrons. The van der Waals surface area contributed by atoms with Gasteiger partial charge in [0.05, 0.1) is 10.3 Å². The monoisotopic (exact) mass is 340 g/mol. The third-order valence-corrected chi connectivity index (χ3v) is 5.96. The third kappa shape index (κ3) is 3.51. The summed E-state index contributed by atoms with van der Waals surface area (Å²) in [5.74, 6) is -0.258. The summed E-state index contributed by atoms with van der Waals surface area (Å²) in [6.07, 6.45) is 0. The fourth-order valence-electron chi connectivity index (χ4n) is 1.01. The first kappa shape index (κ1) is 14.6. The zero-order chi connectivity index (χ0) is 13.2. The first-order chi connectivity index (χ1) is 7.75. The van der Waals surface area contributed by atoms with Gasteiger partial charge >= 0.3 is 0 Å². The number of sulfonamides is 1. The highest BCUT2D eigenvalue weighted by Crippen LogP contribution is 2.27. The van der Waals surface area contributed by atoms with Crippen molar-refractivity contribution in [3.05, 3.63) is 15.9 Å². The van der Waals surface area contributed by atoms with E-state index in [4.69, 9.17) is 0 Å². The van der Waals surface area contributed by atoms with E-state index in [1.807, 2.05) is 0 Å². The molecule has 1 amide bonds. The molecule has 0 aromatic carbocycles. The van der Waals surface area contributed by atoms with Crippen molar-refractivity contribution in [2.75, 3.05) is 27.7 Å². The number of nitrogens with zero attached hydrogens (tertiary/aromatic N) is 2. The molecule has 1 rings (SSSR count). The quantitative estimate of drug-likeness (QED) is 0.827. The van der Waals surface area contributed by atoms with Crippen LogP contribution >= 0.6 is 27.3 Å². The summed E-state index contributed by atoms with van der Waals surface area (Å²) in [4.78, 5) is 12.8. The standard InChI is InChI=1S/C9H13BrN2O3S2/c1-11(2)8(13)6-12(3)17(14,15)9-5-4-7(10)16-9/h4-5H,6H2,1-3H3. The molecule has 0 spiro atoms. The molecule has 0 saturated heterocycles. The van der Waals surface area contributed by atoms with E-state index in [2.05, 4.69) is 15.9 Å². The molecule has 5 nitrogen and oxygen atoms in total. The topological polar surface area (TPSA) is 57.7 Å². The molecule has 0 unspecified atom stereocenters. The average Bonchev–Trinajstić information content (AvgIpc) is 2.64. The minimum absolute atomic E-state index is 0.162. The Morgan fingerprint density at radius 2 is 1.94 bits per heavy atom. The van der Waals surface area contributed by atoms with Crippen LogP contribution in [0.15, 0.2) is 20.1 Å². The lowest BCUT2D eigenvalue weighted by Gasteiger charge is -2.18. The van der Waals surface area contributed by atoms with Gasteiger partial charge in [-0.15, -0.1) is 11.3 Å². The molecular weight excluding hydrogens is 328 g/mol. The Hall–Kier alpha value is -0.440. The second kappa shape index (κ2) is 5.47. The molecule has 0 bridgehead atoms. The molecule has 1 aromatic heterocycles. The fraction of sp³-hybridized carbons (Fsp3) is 0.444. The first-order valence-electron chi connectivity index (χ1n) is 4.67. The summed E-state index contributed by atoms with van der Waals surface area (Å²) >= 11 is 4.33. The number of rotatable bonds is 4. The number of hydrogen-bond acceptors (Lipinski definition) is 4. The molecule has 0 saturated carbocycles. The Kier molecular flexibility index (Phi) is 4.70. The molecule has 8 heteroatoms. The average molecular weight is 341 g/mol. The molecule has 0 atom stereocenters. The van der Waals surface area contributed by atoms with Crippen molar-refractivity contribution in [2.45, 2.75) is 4.21 Å². The predicted molar refractivity (Wildman–Crippen MR) is 70.5 cm³/mol. The number of carbonyl (C=O) groups is 1. The van der Waals surface area contributed by atoms with Gasteiger partial charge in [-0.2, -0.15) is 4.31 Å². The van der Waals surface area contributed by atoms with Gasteiger partial charge in [0.25, 0.3) is 10.0 Å². The summed E-state index contributed by atoms with van der Waals surface area (Å²) < 4.78 is 26.1. The number of likely N-dealkylation sites (N-methyl/N-ethyl adjacent to an activating group) is 2. The van der Waals surface area contributed by atoms with Gasteiger partial charge in [0, 0.05) is 21.1 Å². The van der Waals surface area contributed by atoms with Crippen LogP contribution in [0.2, 0.25) is 0 Å². The zero-order valence-electron chi connectivity index (χ0n) is 9.68. The van der Waals surface area contributed by atoms with Crippen molar-refractivity contribution in [1.82, 2.24) is 9.21 Å². The normalized spacial score (nSPS) is 11.8. The SMILES string of the molecule is CN(C)C(=O)CN(C)S(=O)(=O)c1ccc(Br)s1. The van der Waals surface area contributed by atoms with Crippen LogP contribution in [0.1, 0.15) is 0 Å². The first-order valence-corrected chi connectivity index (χ1v) is 7.72. The van der Waals surface area contributed by atoms with Crippen LogP contribution in [0, 0.1) is 0 Å². The molecular formula is C9H13BrN2O3S2. The second-order valence-corrected chi connectivity index (χ2v) is 8.34. The second-order valence-electron chi connectivity index (χ2n) is 3.61. The van der Waals surface area contributed by atoms with Gasteiger partial charge in [0.15, 0.2) is 0 Å². The maximum Gasteiger partial charge on any atom is 0.252 e. The van der Waals surface area contributed by atoms with E-state index in [9.17, 15) is 13.2 Å². The predicted octanol–water partition coefficient (Wildman–Crippen LogP) is 1.22. The Morgan fingerprint density at radius 3 is 2.35 bits per heavy atom. The highest BCUT2D eigenvalue weighted by atomic mass is 79.9. The maximum absolute atomic E-state index is 12.0. The lowest BCUT2D eigenvalue weighted by Crippen LogP contribution is -2.37. The number of carbonyl (C=O) groups excluding carboxylic acids is 1. The van der Waals surface area contributed by atoms with Gasteiger partial charge in [-0.1, -0.05) is 0 Å². The van der Waals surface area contributed by atoms with E-state index in [0.29, 0.717) is 0 Å². The van der Waals surface area contributed by atoms with Gasteiger partial charge in [0.2, 0.25) is 5.91 Å². The molecule has 1 heterocycles. The van der Waals surface area contributed by atoms with E-state index in [1.54, 1.807) is 20.2 Å². The zero-order valence-corrected chi connectivity index (χ0v) is 12.9. The third-order valence-electron chi connectivity index (χ3n) is 2.07. The van der Waals surface area contributed by atoms with E-state index in [1.165, 1.54) is 18.0 Å². The molecule has 96 valence electrons. The minimum Gasteiger partial charge on any atom is -0.348 e. The number of amides is 1. The van der Waals surface area contributed by atoms with Crippen molar-refractivity contribution in [3.63, 3.8) is 0 Å². The van der Waals surface area contributed by atoms with Crippen molar-refractivity contribution < 1.29 is 13.2 Å². The van der Waals surface area contributed by atoms with Crippen LogP contribution in [0.4, 0.5) is 0 Å². The van der Waals surface area contributed by atoms with E-state index >= 15 is 0 Å². The van der Waals surface area contributed by atoms with Crippen LogP contribution in [-0.4, -0.2) is 51.2 Å². The van der Waals surface area contributed by atoms with Gasteiger partial charge in [-0.25, -0.2) is 8.42 Å². The Labute approximate surface area is 113 Å². The maximum atomic E-state index is 12.0. The molecule has 0 N–H and O–H groups in total. The van der Waals surface area contributed by atoms with Gasteiger partial charge in [-0.3, -0.25) is 4.79 Å². The lowest BCUT2D eigenvalue weighted by molar-refractivity contribution is -0.128.